The molecule has 3 rings (SSSR count). The number of aryl methyl sites for hydroxylation is 2. The molecule has 27 heavy (non-hydrogen) atoms. The molecule has 2 heterocycles. The summed E-state index contributed by atoms with van der Waals surface area (Å²) in [6, 6.07) is 8.49. The fraction of sp³-hybridized carbons (Fsp3) is 0.524. The number of para-hydroxylation sites is 1. The van der Waals surface area contributed by atoms with Gasteiger partial charge in [0, 0.05) is 31.1 Å². The van der Waals surface area contributed by atoms with E-state index in [1.54, 1.807) is 18.2 Å². The van der Waals surface area contributed by atoms with E-state index in [9.17, 15) is 9.18 Å². The molecule has 5 nitrogen and oxygen atoms in total. The van der Waals surface area contributed by atoms with Crippen molar-refractivity contribution in [1.82, 2.24) is 14.7 Å². The van der Waals surface area contributed by atoms with Crippen LogP contribution in [0.2, 0.25) is 0 Å². The van der Waals surface area contributed by atoms with E-state index in [1.807, 2.05) is 36.4 Å². The van der Waals surface area contributed by atoms with Crippen molar-refractivity contribution in [3.05, 3.63) is 47.5 Å². The first kappa shape index (κ1) is 19.4. The molecule has 0 N–H and O–H groups in total. The van der Waals surface area contributed by atoms with Crippen molar-refractivity contribution in [1.29, 1.82) is 0 Å². The number of nitrogens with zero attached hydrogens (tertiary/aromatic N) is 3. The highest BCUT2D eigenvalue weighted by Gasteiger charge is 2.26. The van der Waals surface area contributed by atoms with E-state index in [0.29, 0.717) is 19.6 Å². The maximum absolute atomic E-state index is 13.7. The number of piperidine rings is 1. The summed E-state index contributed by atoms with van der Waals surface area (Å²) in [5, 5.41) is 4.48. The normalized spacial score (nSPS) is 18.4. The highest BCUT2D eigenvalue weighted by atomic mass is 19.1. The topological polar surface area (TPSA) is 47.4 Å². The van der Waals surface area contributed by atoms with Gasteiger partial charge in [0.2, 0.25) is 5.91 Å². The maximum Gasteiger partial charge on any atom is 0.224 e. The van der Waals surface area contributed by atoms with Crippen LogP contribution < -0.4 is 4.74 Å². The zero-order valence-corrected chi connectivity index (χ0v) is 16.3. The van der Waals surface area contributed by atoms with Crippen LogP contribution in [0.25, 0.3) is 0 Å². The molecule has 2 aromatic rings. The van der Waals surface area contributed by atoms with Gasteiger partial charge in [0.25, 0.3) is 0 Å². The van der Waals surface area contributed by atoms with Crippen molar-refractivity contribution in [3.8, 4) is 5.75 Å². The lowest BCUT2D eigenvalue weighted by atomic mass is 9.98. The second-order valence-corrected chi connectivity index (χ2v) is 7.51. The van der Waals surface area contributed by atoms with Crippen molar-refractivity contribution in [3.63, 3.8) is 0 Å². The molecular formula is C21H28FN3O2. The lowest BCUT2D eigenvalue weighted by Crippen LogP contribution is -2.42. The minimum absolute atomic E-state index is 0.0289. The highest BCUT2D eigenvalue weighted by Crippen LogP contribution is 2.23. The zero-order valence-electron chi connectivity index (χ0n) is 16.3. The summed E-state index contributed by atoms with van der Waals surface area (Å²) in [4.78, 5) is 14.7. The van der Waals surface area contributed by atoms with E-state index >= 15 is 0 Å². The van der Waals surface area contributed by atoms with E-state index in [-0.39, 0.29) is 29.4 Å². The van der Waals surface area contributed by atoms with Crippen molar-refractivity contribution >= 4 is 5.91 Å². The Balaban J connectivity index is 1.53. The average molecular weight is 373 g/mol. The Bertz CT molecular complexity index is 789. The molecule has 1 aromatic carbocycles. The van der Waals surface area contributed by atoms with Crippen molar-refractivity contribution in [2.45, 2.75) is 46.1 Å². The Kier molecular flexibility index (Phi) is 6.14. The number of benzene rings is 1. The first-order valence-electron chi connectivity index (χ1n) is 9.62. The molecule has 1 aromatic heterocycles. The lowest BCUT2D eigenvalue weighted by Gasteiger charge is -2.33. The van der Waals surface area contributed by atoms with Gasteiger partial charge >= 0.3 is 0 Å². The van der Waals surface area contributed by atoms with E-state index in [1.165, 1.54) is 6.07 Å². The molecule has 0 radical (unpaired) electrons. The summed E-state index contributed by atoms with van der Waals surface area (Å²) in [6.45, 7) is 7.87. The van der Waals surface area contributed by atoms with Crippen LogP contribution in [0, 0.1) is 25.6 Å². The smallest absolute Gasteiger partial charge is 0.224 e. The number of hydrogen-bond acceptors (Lipinski definition) is 3. The molecule has 2 atom stereocenters. The van der Waals surface area contributed by atoms with Crippen LogP contribution >= 0.6 is 0 Å². The van der Waals surface area contributed by atoms with Gasteiger partial charge in [-0.2, -0.15) is 5.10 Å². The average Bonchev–Trinajstić information content (AvgIpc) is 2.99. The standard InChI is InChI=1S/C21H28FN3O2/c1-15-11-16(2)25(23-15)17(3)12-21(26)24-10-6-7-18(13-24)14-27-20-9-5-4-8-19(20)22/h4-5,8-9,11,17-18H,6-7,10,12-14H2,1-3H3/t17-,18+/m0/s1. The van der Waals surface area contributed by atoms with Crippen LogP contribution in [0.3, 0.4) is 0 Å². The molecule has 1 aliphatic heterocycles. The highest BCUT2D eigenvalue weighted by molar-refractivity contribution is 5.76. The van der Waals surface area contributed by atoms with Crippen LogP contribution in [0.15, 0.2) is 30.3 Å². The molecular weight excluding hydrogens is 345 g/mol. The van der Waals surface area contributed by atoms with Gasteiger partial charge in [-0.1, -0.05) is 12.1 Å². The van der Waals surface area contributed by atoms with Gasteiger partial charge < -0.3 is 9.64 Å². The maximum atomic E-state index is 13.7. The quantitative estimate of drug-likeness (QED) is 0.771. The summed E-state index contributed by atoms with van der Waals surface area (Å²) < 4.78 is 21.3. The van der Waals surface area contributed by atoms with Gasteiger partial charge in [0.1, 0.15) is 0 Å². The minimum Gasteiger partial charge on any atom is -0.490 e. The molecule has 6 heteroatoms. The van der Waals surface area contributed by atoms with Crippen LogP contribution in [-0.2, 0) is 4.79 Å². The summed E-state index contributed by atoms with van der Waals surface area (Å²) in [7, 11) is 0. The molecule has 1 saturated heterocycles. The van der Waals surface area contributed by atoms with Crippen molar-refractivity contribution in [2.75, 3.05) is 19.7 Å². The Morgan fingerprint density at radius 2 is 2.15 bits per heavy atom. The summed E-state index contributed by atoms with van der Waals surface area (Å²) in [5.74, 6) is 0.302. The number of ether oxygens (including phenoxy) is 1. The van der Waals surface area contributed by atoms with Gasteiger partial charge in [-0.05, 0) is 51.8 Å². The third kappa shape index (κ3) is 4.87. The predicted molar refractivity (Wildman–Crippen MR) is 102 cm³/mol. The molecule has 0 saturated carbocycles. The Morgan fingerprint density at radius 3 is 2.85 bits per heavy atom. The second-order valence-electron chi connectivity index (χ2n) is 7.51. The summed E-state index contributed by atoms with van der Waals surface area (Å²) in [6.07, 6.45) is 2.37. The fourth-order valence-electron chi connectivity index (χ4n) is 3.76. The molecule has 1 fully saturated rings. The van der Waals surface area contributed by atoms with Gasteiger partial charge in [-0.15, -0.1) is 0 Å². The van der Waals surface area contributed by atoms with E-state index in [4.69, 9.17) is 4.74 Å². The number of rotatable bonds is 6. The van der Waals surface area contributed by atoms with Gasteiger partial charge in [-0.3, -0.25) is 9.48 Å². The van der Waals surface area contributed by atoms with E-state index in [0.717, 1.165) is 30.8 Å². The monoisotopic (exact) mass is 373 g/mol. The number of halogens is 1. The van der Waals surface area contributed by atoms with Crippen molar-refractivity contribution < 1.29 is 13.9 Å². The summed E-state index contributed by atoms with van der Waals surface area (Å²) in [5.41, 5.74) is 2.04. The number of amides is 1. The molecule has 146 valence electrons. The first-order valence-corrected chi connectivity index (χ1v) is 9.62. The Labute approximate surface area is 160 Å². The largest absolute Gasteiger partial charge is 0.490 e. The van der Waals surface area contributed by atoms with Crippen LogP contribution in [0.5, 0.6) is 5.75 Å². The Hall–Kier alpha value is -2.37. The number of aromatic nitrogens is 2. The minimum atomic E-state index is -0.347. The lowest BCUT2D eigenvalue weighted by molar-refractivity contribution is -0.134. The molecule has 0 spiro atoms. The van der Waals surface area contributed by atoms with E-state index in [2.05, 4.69) is 5.10 Å². The SMILES string of the molecule is Cc1cc(C)n([C@@H](C)CC(=O)N2CCC[C@@H](COc3ccccc3F)C2)n1. The van der Waals surface area contributed by atoms with Gasteiger partial charge in [0.05, 0.1) is 18.3 Å². The number of hydrogen-bond donors (Lipinski definition) is 0. The van der Waals surface area contributed by atoms with E-state index < -0.39 is 0 Å². The van der Waals surface area contributed by atoms with Crippen LogP contribution in [0.1, 0.15) is 43.6 Å². The van der Waals surface area contributed by atoms with Gasteiger partial charge in [-0.25, -0.2) is 4.39 Å². The van der Waals surface area contributed by atoms with Crippen molar-refractivity contribution in [2.24, 2.45) is 5.92 Å². The molecule has 0 aliphatic carbocycles. The number of carbonyl (C=O) groups excluding carboxylic acids is 1. The van der Waals surface area contributed by atoms with Gasteiger partial charge in [0.15, 0.2) is 11.6 Å². The first-order chi connectivity index (χ1) is 12.9. The molecule has 1 aliphatic rings. The number of likely N-dealkylation sites (tertiary alicyclic amines) is 1. The molecule has 0 bridgehead atoms. The van der Waals surface area contributed by atoms with Crippen LogP contribution in [0.4, 0.5) is 4.39 Å². The zero-order chi connectivity index (χ0) is 19.4. The summed E-state index contributed by atoms with van der Waals surface area (Å²) >= 11 is 0. The number of carbonyl (C=O) groups is 1. The fourth-order valence-corrected chi connectivity index (χ4v) is 3.76. The predicted octanol–water partition coefficient (Wildman–Crippen LogP) is 3.91. The third-order valence-electron chi connectivity index (χ3n) is 5.12. The molecule has 0 unspecified atom stereocenters. The third-order valence-corrected chi connectivity index (χ3v) is 5.12. The molecule has 1 amide bonds. The second kappa shape index (κ2) is 8.55. The van der Waals surface area contributed by atoms with Crippen LogP contribution in [-0.4, -0.2) is 40.3 Å². The Morgan fingerprint density at radius 1 is 1.37 bits per heavy atom.